The van der Waals surface area contributed by atoms with Crippen LogP contribution in [0.2, 0.25) is 10.0 Å². The van der Waals surface area contributed by atoms with E-state index in [1.54, 1.807) is 12.1 Å². The molecule has 1 aliphatic heterocycles. The van der Waals surface area contributed by atoms with Gasteiger partial charge in [-0.3, -0.25) is 0 Å². The fraction of sp³-hybridized carbons (Fsp3) is 0.200. The number of fused-ring (bicyclic) bond motifs is 1. The lowest BCUT2D eigenvalue weighted by Gasteiger charge is -2.21. The minimum absolute atomic E-state index is 0.474. The molecule has 0 spiro atoms. The van der Waals surface area contributed by atoms with Crippen LogP contribution in [0.5, 0.6) is 11.5 Å². The molecule has 1 unspecified atom stereocenters. The SMILES string of the molecule is Clc1ccc(Br)cc1C(Cl)c1cc2c(cc1Cl)OCCO2. The molecule has 1 atom stereocenters. The molecule has 2 nitrogen and oxygen atoms in total. The second kappa shape index (κ2) is 6.25. The van der Waals surface area contributed by atoms with Crippen molar-refractivity contribution in [2.24, 2.45) is 0 Å². The van der Waals surface area contributed by atoms with Gasteiger partial charge in [0.2, 0.25) is 0 Å². The Labute approximate surface area is 146 Å². The zero-order valence-electron chi connectivity index (χ0n) is 10.7. The molecule has 0 amide bonds. The minimum Gasteiger partial charge on any atom is -0.486 e. The highest BCUT2D eigenvalue weighted by Crippen LogP contribution is 2.43. The summed E-state index contributed by atoms with van der Waals surface area (Å²) in [5, 5.41) is 0.637. The minimum atomic E-state index is -0.474. The molecular weight excluding hydrogens is 398 g/mol. The zero-order valence-corrected chi connectivity index (χ0v) is 14.6. The van der Waals surface area contributed by atoms with E-state index in [4.69, 9.17) is 44.3 Å². The molecule has 2 aromatic carbocycles. The topological polar surface area (TPSA) is 18.5 Å². The second-order valence-corrected chi connectivity index (χ2v) is 6.71. The van der Waals surface area contributed by atoms with Gasteiger partial charge in [-0.25, -0.2) is 0 Å². The molecule has 3 rings (SSSR count). The molecule has 0 saturated heterocycles. The van der Waals surface area contributed by atoms with Crippen LogP contribution in [0.25, 0.3) is 0 Å². The molecule has 6 heteroatoms. The summed E-state index contributed by atoms with van der Waals surface area (Å²) in [6, 6.07) is 9.08. The number of rotatable bonds is 2. The van der Waals surface area contributed by atoms with Gasteiger partial charge in [0.15, 0.2) is 11.5 Å². The van der Waals surface area contributed by atoms with Crippen LogP contribution in [-0.2, 0) is 0 Å². The third-order valence-electron chi connectivity index (χ3n) is 3.17. The molecule has 0 aromatic heterocycles. The van der Waals surface area contributed by atoms with Crippen LogP contribution in [0.15, 0.2) is 34.8 Å². The van der Waals surface area contributed by atoms with Gasteiger partial charge in [0.25, 0.3) is 0 Å². The molecule has 0 N–H and O–H groups in total. The first-order valence-corrected chi connectivity index (χ1v) is 8.23. The summed E-state index contributed by atoms with van der Waals surface area (Å²) in [7, 11) is 0. The van der Waals surface area contributed by atoms with Crippen molar-refractivity contribution in [1.82, 2.24) is 0 Å². The van der Waals surface area contributed by atoms with Crippen LogP contribution in [0.1, 0.15) is 16.5 Å². The fourth-order valence-electron chi connectivity index (χ4n) is 2.15. The second-order valence-electron chi connectivity index (χ2n) is 4.55. The number of hydrogen-bond donors (Lipinski definition) is 0. The van der Waals surface area contributed by atoms with Crippen LogP contribution in [-0.4, -0.2) is 13.2 Å². The van der Waals surface area contributed by atoms with E-state index in [1.807, 2.05) is 18.2 Å². The molecular formula is C15H10BrCl3O2. The number of benzene rings is 2. The van der Waals surface area contributed by atoms with E-state index in [1.165, 1.54) is 0 Å². The predicted octanol–water partition coefficient (Wildman–Crippen LogP) is 5.86. The average molecular weight is 409 g/mol. The largest absolute Gasteiger partial charge is 0.486 e. The van der Waals surface area contributed by atoms with Crippen molar-refractivity contribution in [3.05, 3.63) is 56.0 Å². The van der Waals surface area contributed by atoms with Crippen LogP contribution in [0, 0.1) is 0 Å². The summed E-state index contributed by atoms with van der Waals surface area (Å²) >= 11 is 22.5. The Kier molecular flexibility index (Phi) is 4.55. The first-order valence-electron chi connectivity index (χ1n) is 6.24. The van der Waals surface area contributed by atoms with E-state index in [0.717, 1.165) is 15.6 Å². The van der Waals surface area contributed by atoms with Crippen molar-refractivity contribution in [3.8, 4) is 11.5 Å². The van der Waals surface area contributed by atoms with Gasteiger partial charge in [-0.05, 0) is 35.4 Å². The highest BCUT2D eigenvalue weighted by molar-refractivity contribution is 9.10. The van der Waals surface area contributed by atoms with Gasteiger partial charge in [0.1, 0.15) is 13.2 Å². The van der Waals surface area contributed by atoms with Gasteiger partial charge in [0.05, 0.1) is 5.38 Å². The van der Waals surface area contributed by atoms with Crippen LogP contribution >= 0.6 is 50.7 Å². The first kappa shape index (κ1) is 15.3. The third kappa shape index (κ3) is 3.11. The van der Waals surface area contributed by atoms with E-state index in [2.05, 4.69) is 15.9 Å². The summed E-state index contributed by atoms with van der Waals surface area (Å²) < 4.78 is 12.0. The zero-order chi connectivity index (χ0) is 15.0. The Morgan fingerprint density at radius 1 is 0.905 bits per heavy atom. The van der Waals surface area contributed by atoms with Crippen molar-refractivity contribution >= 4 is 50.7 Å². The van der Waals surface area contributed by atoms with Crippen molar-refractivity contribution in [2.75, 3.05) is 13.2 Å². The van der Waals surface area contributed by atoms with Crippen LogP contribution in [0.4, 0.5) is 0 Å². The number of ether oxygens (including phenoxy) is 2. The molecule has 0 fully saturated rings. The molecule has 110 valence electrons. The Bertz CT molecular complexity index is 691. The molecule has 0 aliphatic carbocycles. The number of alkyl halides is 1. The Morgan fingerprint density at radius 3 is 2.24 bits per heavy atom. The maximum atomic E-state index is 6.57. The molecule has 1 aliphatic rings. The van der Waals surface area contributed by atoms with Gasteiger partial charge in [-0.1, -0.05) is 39.1 Å². The molecule has 1 heterocycles. The van der Waals surface area contributed by atoms with Crippen molar-refractivity contribution in [2.45, 2.75) is 5.38 Å². The molecule has 21 heavy (non-hydrogen) atoms. The Balaban J connectivity index is 2.05. The monoisotopic (exact) mass is 406 g/mol. The maximum Gasteiger partial charge on any atom is 0.162 e. The van der Waals surface area contributed by atoms with E-state index in [0.29, 0.717) is 34.8 Å². The summed E-state index contributed by atoms with van der Waals surface area (Å²) in [5.41, 5.74) is 1.52. The quantitative estimate of drug-likeness (QED) is 0.580. The highest BCUT2D eigenvalue weighted by Gasteiger charge is 2.22. The lowest BCUT2D eigenvalue weighted by atomic mass is 10.0. The summed E-state index contributed by atoms with van der Waals surface area (Å²) in [4.78, 5) is 0. The van der Waals surface area contributed by atoms with E-state index in [-0.39, 0.29) is 0 Å². The summed E-state index contributed by atoms with van der Waals surface area (Å²) in [6.45, 7) is 1.03. The van der Waals surface area contributed by atoms with Gasteiger partial charge in [-0.15, -0.1) is 11.6 Å². The lowest BCUT2D eigenvalue weighted by Crippen LogP contribution is -2.15. The van der Waals surface area contributed by atoms with Gasteiger partial charge in [0, 0.05) is 20.6 Å². The van der Waals surface area contributed by atoms with Crippen molar-refractivity contribution < 1.29 is 9.47 Å². The van der Waals surface area contributed by atoms with Crippen molar-refractivity contribution in [1.29, 1.82) is 0 Å². The molecule has 0 saturated carbocycles. The maximum absolute atomic E-state index is 6.57. The van der Waals surface area contributed by atoms with E-state index >= 15 is 0 Å². The lowest BCUT2D eigenvalue weighted by molar-refractivity contribution is 0.171. The molecule has 0 radical (unpaired) electrons. The smallest absolute Gasteiger partial charge is 0.162 e. The van der Waals surface area contributed by atoms with Gasteiger partial charge in [-0.2, -0.15) is 0 Å². The van der Waals surface area contributed by atoms with E-state index in [9.17, 15) is 0 Å². The summed E-state index contributed by atoms with van der Waals surface area (Å²) in [5.74, 6) is 1.29. The average Bonchev–Trinajstić information content (AvgIpc) is 2.48. The van der Waals surface area contributed by atoms with Gasteiger partial charge >= 0.3 is 0 Å². The van der Waals surface area contributed by atoms with E-state index < -0.39 is 5.38 Å². The highest BCUT2D eigenvalue weighted by atomic mass is 79.9. The normalized spacial score (nSPS) is 14.9. The van der Waals surface area contributed by atoms with Gasteiger partial charge < -0.3 is 9.47 Å². The van der Waals surface area contributed by atoms with Crippen molar-refractivity contribution in [3.63, 3.8) is 0 Å². The number of halogens is 4. The van der Waals surface area contributed by atoms with Crippen LogP contribution < -0.4 is 9.47 Å². The summed E-state index contributed by atoms with van der Waals surface area (Å²) in [6.07, 6.45) is 0. The molecule has 2 aromatic rings. The fourth-order valence-corrected chi connectivity index (χ4v) is 3.49. The Morgan fingerprint density at radius 2 is 1.52 bits per heavy atom. The number of hydrogen-bond acceptors (Lipinski definition) is 2. The molecule has 0 bridgehead atoms. The Hall–Kier alpha value is -0.610. The predicted molar refractivity (Wildman–Crippen MR) is 89.3 cm³/mol. The standard InChI is InChI=1S/C15H10BrCl3O2/c16-8-1-2-11(17)9(5-8)15(19)10-6-13-14(7-12(10)18)21-4-3-20-13/h1-2,5-7,15H,3-4H2. The van der Waals surface area contributed by atoms with Crippen LogP contribution in [0.3, 0.4) is 0 Å². The third-order valence-corrected chi connectivity index (χ3v) is 4.80. The first-order chi connectivity index (χ1) is 10.1.